The molecule has 0 aliphatic rings. The molecule has 0 N–H and O–H groups in total. The van der Waals surface area contributed by atoms with E-state index in [4.69, 9.17) is 21.1 Å². The van der Waals surface area contributed by atoms with Crippen molar-refractivity contribution in [3.8, 4) is 23.0 Å². The van der Waals surface area contributed by atoms with Gasteiger partial charge in [0.2, 0.25) is 5.88 Å². The second-order valence-corrected chi connectivity index (χ2v) is 5.70. The molecule has 1 aromatic heterocycles. The van der Waals surface area contributed by atoms with Crippen LogP contribution in [0.25, 0.3) is 11.4 Å². The lowest BCUT2D eigenvalue weighted by Crippen LogP contribution is -2.09. The van der Waals surface area contributed by atoms with Crippen LogP contribution in [0.1, 0.15) is 17.3 Å². The van der Waals surface area contributed by atoms with Crippen LogP contribution in [0.5, 0.6) is 11.6 Å². The van der Waals surface area contributed by atoms with Crippen molar-refractivity contribution >= 4 is 17.6 Å². The summed E-state index contributed by atoms with van der Waals surface area (Å²) in [6.07, 6.45) is 1.20. The zero-order chi connectivity index (χ0) is 19.4. The highest BCUT2D eigenvalue weighted by molar-refractivity contribution is 6.32. The molecule has 0 bridgehead atoms. The Morgan fingerprint density at radius 1 is 1.15 bits per heavy atom. The normalized spacial score (nSPS) is 10.5. The number of rotatable bonds is 5. The average Bonchev–Trinajstić information content (AvgIpc) is 2.66. The van der Waals surface area contributed by atoms with Crippen LogP contribution in [0, 0.1) is 11.6 Å². The summed E-state index contributed by atoms with van der Waals surface area (Å²) in [5.41, 5.74) is 0.191. The molecule has 0 aliphatic carbocycles. The number of hydrogen-bond donors (Lipinski definition) is 0. The maximum absolute atomic E-state index is 13.5. The number of nitrogens with zero attached hydrogens (tertiary/aromatic N) is 2. The Morgan fingerprint density at radius 3 is 2.63 bits per heavy atom. The van der Waals surface area contributed by atoms with E-state index in [2.05, 4.69) is 9.97 Å². The number of halogens is 3. The summed E-state index contributed by atoms with van der Waals surface area (Å²) in [6.45, 7) is 1.80. The maximum atomic E-state index is 13.5. The van der Waals surface area contributed by atoms with Crippen LogP contribution in [0.4, 0.5) is 8.78 Å². The summed E-state index contributed by atoms with van der Waals surface area (Å²) in [6, 6.07) is 9.85. The van der Waals surface area contributed by atoms with Crippen LogP contribution < -0.4 is 4.74 Å². The Labute approximate surface area is 158 Å². The van der Waals surface area contributed by atoms with Crippen LogP contribution in [-0.4, -0.2) is 22.5 Å². The number of hydrogen-bond acceptors (Lipinski definition) is 5. The van der Waals surface area contributed by atoms with Crippen LogP contribution in [0.15, 0.2) is 48.7 Å². The smallest absolute Gasteiger partial charge is 0.345 e. The molecule has 0 saturated carbocycles. The fraction of sp³-hybridized carbons (Fsp3) is 0.105. The lowest BCUT2D eigenvalue weighted by Gasteiger charge is -2.12. The summed E-state index contributed by atoms with van der Waals surface area (Å²) in [5, 5.41) is 0.306. The van der Waals surface area contributed by atoms with Crippen LogP contribution >= 0.6 is 11.6 Å². The number of aromatic nitrogens is 2. The molecule has 8 heteroatoms. The highest BCUT2D eigenvalue weighted by Gasteiger charge is 2.20. The molecule has 138 valence electrons. The summed E-state index contributed by atoms with van der Waals surface area (Å²) in [7, 11) is 0. The van der Waals surface area contributed by atoms with Crippen molar-refractivity contribution < 1.29 is 23.0 Å². The number of benzene rings is 2. The molecule has 0 radical (unpaired) electrons. The highest BCUT2D eigenvalue weighted by Crippen LogP contribution is 2.31. The van der Waals surface area contributed by atoms with Crippen molar-refractivity contribution in [1.82, 2.24) is 9.97 Å². The predicted molar refractivity (Wildman–Crippen MR) is 94.9 cm³/mol. The third-order valence-electron chi connectivity index (χ3n) is 3.47. The molecule has 0 aliphatic heterocycles. The Bertz CT molecular complexity index is 998. The topological polar surface area (TPSA) is 61.3 Å². The van der Waals surface area contributed by atoms with Gasteiger partial charge < -0.3 is 9.47 Å². The van der Waals surface area contributed by atoms with Gasteiger partial charge in [0.05, 0.1) is 11.6 Å². The first-order chi connectivity index (χ1) is 13.0. The molecule has 0 unspecified atom stereocenters. The summed E-state index contributed by atoms with van der Waals surface area (Å²) >= 11 is 6.09. The molecule has 5 nitrogen and oxygen atoms in total. The number of para-hydroxylation sites is 1. The monoisotopic (exact) mass is 390 g/mol. The molecule has 3 aromatic rings. The molecular formula is C19H13ClF2N2O3. The number of carbonyl (C=O) groups excluding carboxylic acids is 1. The van der Waals surface area contributed by atoms with Gasteiger partial charge in [-0.25, -0.2) is 18.6 Å². The van der Waals surface area contributed by atoms with Gasteiger partial charge in [-0.3, -0.25) is 0 Å². The number of esters is 1. The lowest BCUT2D eigenvalue weighted by atomic mass is 10.2. The standard InChI is InChI=1S/C19H13ClF2N2O3/c1-2-26-19(25)12-10-23-17(11-7-8-14(21)15(22)9-11)24-18(12)27-16-6-4-3-5-13(16)20/h3-10H,2H2,1H3. The van der Waals surface area contributed by atoms with Crippen molar-refractivity contribution in [2.45, 2.75) is 6.92 Å². The van der Waals surface area contributed by atoms with E-state index in [-0.39, 0.29) is 35.2 Å². The average molecular weight is 391 g/mol. The van der Waals surface area contributed by atoms with Gasteiger partial charge in [-0.2, -0.15) is 4.98 Å². The van der Waals surface area contributed by atoms with E-state index in [1.54, 1.807) is 31.2 Å². The molecular weight excluding hydrogens is 378 g/mol. The van der Waals surface area contributed by atoms with Crippen molar-refractivity contribution in [2.75, 3.05) is 6.61 Å². The van der Waals surface area contributed by atoms with E-state index in [1.807, 2.05) is 0 Å². The second kappa shape index (κ2) is 8.09. The van der Waals surface area contributed by atoms with Crippen molar-refractivity contribution in [3.05, 3.63) is 70.9 Å². The molecule has 3 rings (SSSR count). The Kier molecular flexibility index (Phi) is 5.61. The minimum Gasteiger partial charge on any atom is -0.462 e. The minimum absolute atomic E-state index is 0.0249. The lowest BCUT2D eigenvalue weighted by molar-refractivity contribution is 0.0522. The van der Waals surface area contributed by atoms with Gasteiger partial charge in [-0.05, 0) is 37.3 Å². The van der Waals surface area contributed by atoms with Gasteiger partial charge in [0.1, 0.15) is 11.3 Å². The summed E-state index contributed by atoms with van der Waals surface area (Å²) in [5.74, 6) is -2.52. The first-order valence-corrected chi connectivity index (χ1v) is 8.29. The largest absolute Gasteiger partial charge is 0.462 e. The van der Waals surface area contributed by atoms with Crippen LogP contribution in [-0.2, 0) is 4.74 Å². The van der Waals surface area contributed by atoms with Gasteiger partial charge in [-0.1, -0.05) is 23.7 Å². The van der Waals surface area contributed by atoms with E-state index in [0.29, 0.717) is 5.02 Å². The molecule has 27 heavy (non-hydrogen) atoms. The number of ether oxygens (including phenoxy) is 2. The van der Waals surface area contributed by atoms with E-state index >= 15 is 0 Å². The molecule has 0 saturated heterocycles. The van der Waals surface area contributed by atoms with Gasteiger partial charge >= 0.3 is 5.97 Å². The second-order valence-electron chi connectivity index (χ2n) is 5.29. The molecule has 0 fully saturated rings. The van der Waals surface area contributed by atoms with Gasteiger partial charge in [-0.15, -0.1) is 0 Å². The van der Waals surface area contributed by atoms with E-state index < -0.39 is 17.6 Å². The Hall–Kier alpha value is -3.06. The molecule has 0 amide bonds. The fourth-order valence-corrected chi connectivity index (χ4v) is 2.37. The summed E-state index contributed by atoms with van der Waals surface area (Å²) < 4.78 is 37.3. The third-order valence-corrected chi connectivity index (χ3v) is 3.78. The zero-order valence-electron chi connectivity index (χ0n) is 14.1. The van der Waals surface area contributed by atoms with Crippen molar-refractivity contribution in [2.24, 2.45) is 0 Å². The van der Waals surface area contributed by atoms with Crippen molar-refractivity contribution in [1.29, 1.82) is 0 Å². The van der Waals surface area contributed by atoms with Gasteiger partial charge in [0.15, 0.2) is 17.5 Å². The van der Waals surface area contributed by atoms with E-state index in [9.17, 15) is 13.6 Å². The van der Waals surface area contributed by atoms with Crippen LogP contribution in [0.3, 0.4) is 0 Å². The number of carbonyl (C=O) groups is 1. The first-order valence-electron chi connectivity index (χ1n) is 7.91. The predicted octanol–water partition coefficient (Wildman–Crippen LogP) is 5.04. The third kappa shape index (κ3) is 4.20. The zero-order valence-corrected chi connectivity index (χ0v) is 14.8. The van der Waals surface area contributed by atoms with Crippen LogP contribution in [0.2, 0.25) is 5.02 Å². The minimum atomic E-state index is -1.04. The van der Waals surface area contributed by atoms with Gasteiger partial charge in [0.25, 0.3) is 0 Å². The maximum Gasteiger partial charge on any atom is 0.345 e. The quantitative estimate of drug-likeness (QED) is 0.571. The first kappa shape index (κ1) is 18.7. The molecule has 2 aromatic carbocycles. The fourth-order valence-electron chi connectivity index (χ4n) is 2.20. The molecule has 0 atom stereocenters. The molecule has 1 heterocycles. The van der Waals surface area contributed by atoms with E-state index in [1.165, 1.54) is 12.3 Å². The Morgan fingerprint density at radius 2 is 1.93 bits per heavy atom. The Balaban J connectivity index is 2.07. The summed E-state index contributed by atoms with van der Waals surface area (Å²) in [4.78, 5) is 20.4. The van der Waals surface area contributed by atoms with Gasteiger partial charge in [0, 0.05) is 11.8 Å². The van der Waals surface area contributed by atoms with E-state index in [0.717, 1.165) is 12.1 Å². The molecule has 0 spiro atoms. The SMILES string of the molecule is CCOC(=O)c1cnc(-c2ccc(F)c(F)c2)nc1Oc1ccccc1Cl. The van der Waals surface area contributed by atoms with Crippen molar-refractivity contribution in [3.63, 3.8) is 0 Å². The highest BCUT2D eigenvalue weighted by atomic mass is 35.5.